The van der Waals surface area contributed by atoms with Gasteiger partial charge in [0.15, 0.2) is 6.61 Å². The van der Waals surface area contributed by atoms with E-state index in [2.05, 4.69) is 10.5 Å². The van der Waals surface area contributed by atoms with E-state index in [0.717, 1.165) is 11.1 Å². The van der Waals surface area contributed by atoms with Crippen molar-refractivity contribution in [3.8, 4) is 5.75 Å². The first-order chi connectivity index (χ1) is 11.0. The van der Waals surface area contributed by atoms with Gasteiger partial charge in [-0.25, -0.2) is 5.43 Å². The minimum Gasteiger partial charge on any atom is -0.484 e. The number of carbonyl (C=O) groups is 1. The average molecular weight is 313 g/mol. The SMILES string of the molecule is Cc1ccc(C=NNC(=O)COc2ccc([N+](=O)[O-])cc2)cc1. The van der Waals surface area contributed by atoms with Crippen LogP contribution < -0.4 is 10.2 Å². The predicted molar refractivity (Wildman–Crippen MR) is 85.5 cm³/mol. The normalized spacial score (nSPS) is 10.5. The third-order valence-corrected chi connectivity index (χ3v) is 2.90. The molecule has 23 heavy (non-hydrogen) atoms. The molecule has 0 radical (unpaired) electrons. The van der Waals surface area contributed by atoms with Crippen molar-refractivity contribution in [3.63, 3.8) is 0 Å². The molecular formula is C16H15N3O4. The third-order valence-electron chi connectivity index (χ3n) is 2.90. The quantitative estimate of drug-likeness (QED) is 0.503. The van der Waals surface area contributed by atoms with Gasteiger partial charge >= 0.3 is 0 Å². The van der Waals surface area contributed by atoms with Crippen LogP contribution in [0.25, 0.3) is 0 Å². The van der Waals surface area contributed by atoms with Crippen LogP contribution in [0.3, 0.4) is 0 Å². The Morgan fingerprint density at radius 1 is 1.22 bits per heavy atom. The smallest absolute Gasteiger partial charge is 0.277 e. The molecule has 0 fully saturated rings. The second kappa shape index (κ2) is 7.69. The Labute approximate surface area is 132 Å². The highest BCUT2D eigenvalue weighted by Crippen LogP contribution is 2.16. The van der Waals surface area contributed by atoms with E-state index in [1.54, 1.807) is 0 Å². The second-order valence-electron chi connectivity index (χ2n) is 4.74. The van der Waals surface area contributed by atoms with Crippen LogP contribution in [0.5, 0.6) is 5.75 Å². The van der Waals surface area contributed by atoms with Gasteiger partial charge in [-0.05, 0) is 24.6 Å². The Balaban J connectivity index is 1.78. The van der Waals surface area contributed by atoms with E-state index in [9.17, 15) is 14.9 Å². The van der Waals surface area contributed by atoms with E-state index in [1.165, 1.54) is 30.5 Å². The minimum absolute atomic E-state index is 0.0375. The zero-order valence-electron chi connectivity index (χ0n) is 12.4. The molecule has 2 aromatic rings. The number of aryl methyl sites for hydroxylation is 1. The van der Waals surface area contributed by atoms with E-state index in [4.69, 9.17) is 4.74 Å². The first-order valence-electron chi connectivity index (χ1n) is 6.80. The zero-order chi connectivity index (χ0) is 16.7. The summed E-state index contributed by atoms with van der Waals surface area (Å²) in [5.74, 6) is -0.0556. The number of hydrazone groups is 1. The zero-order valence-corrected chi connectivity index (χ0v) is 12.4. The lowest BCUT2D eigenvalue weighted by Crippen LogP contribution is -2.24. The van der Waals surface area contributed by atoms with E-state index < -0.39 is 10.8 Å². The topological polar surface area (TPSA) is 93.8 Å². The molecule has 0 aliphatic carbocycles. The Hall–Kier alpha value is -3.22. The molecule has 7 nitrogen and oxygen atoms in total. The Bertz CT molecular complexity index is 709. The van der Waals surface area contributed by atoms with Crippen LogP contribution in [0.15, 0.2) is 53.6 Å². The maximum Gasteiger partial charge on any atom is 0.277 e. The molecule has 0 atom stereocenters. The van der Waals surface area contributed by atoms with E-state index >= 15 is 0 Å². The fraction of sp³-hybridized carbons (Fsp3) is 0.125. The molecule has 1 amide bonds. The number of benzene rings is 2. The van der Waals surface area contributed by atoms with Crippen LogP contribution in [0.2, 0.25) is 0 Å². The highest BCUT2D eigenvalue weighted by Gasteiger charge is 2.06. The van der Waals surface area contributed by atoms with Gasteiger partial charge in [-0.2, -0.15) is 5.10 Å². The molecule has 0 aromatic heterocycles. The largest absolute Gasteiger partial charge is 0.484 e. The molecule has 0 saturated heterocycles. The van der Waals surface area contributed by atoms with Crippen LogP contribution in [-0.4, -0.2) is 23.7 Å². The number of nitro benzene ring substituents is 1. The van der Waals surface area contributed by atoms with E-state index in [0.29, 0.717) is 5.75 Å². The van der Waals surface area contributed by atoms with Crippen LogP contribution in [0, 0.1) is 17.0 Å². The average Bonchev–Trinajstić information content (AvgIpc) is 2.55. The molecule has 0 aliphatic rings. The van der Waals surface area contributed by atoms with Gasteiger partial charge in [0.25, 0.3) is 11.6 Å². The molecule has 7 heteroatoms. The van der Waals surface area contributed by atoms with Gasteiger partial charge in [-0.15, -0.1) is 0 Å². The number of ether oxygens (including phenoxy) is 1. The lowest BCUT2D eigenvalue weighted by atomic mass is 10.2. The lowest BCUT2D eigenvalue weighted by Gasteiger charge is -2.04. The summed E-state index contributed by atoms with van der Waals surface area (Å²) in [6.45, 7) is 1.75. The molecule has 118 valence electrons. The summed E-state index contributed by atoms with van der Waals surface area (Å²) in [4.78, 5) is 21.6. The number of hydrogen-bond donors (Lipinski definition) is 1. The molecule has 0 aliphatic heterocycles. The van der Waals surface area contributed by atoms with Gasteiger partial charge in [-0.1, -0.05) is 29.8 Å². The van der Waals surface area contributed by atoms with E-state index in [-0.39, 0.29) is 12.3 Å². The monoisotopic (exact) mass is 313 g/mol. The Kier molecular flexibility index (Phi) is 5.40. The first-order valence-corrected chi connectivity index (χ1v) is 6.80. The van der Waals surface area contributed by atoms with Gasteiger partial charge in [0, 0.05) is 12.1 Å². The maximum absolute atomic E-state index is 11.6. The molecule has 2 rings (SSSR count). The molecule has 2 aromatic carbocycles. The second-order valence-corrected chi connectivity index (χ2v) is 4.74. The molecular weight excluding hydrogens is 298 g/mol. The lowest BCUT2D eigenvalue weighted by molar-refractivity contribution is -0.384. The number of nitrogens with one attached hydrogen (secondary N) is 1. The summed E-state index contributed by atoms with van der Waals surface area (Å²) in [7, 11) is 0. The number of hydrogen-bond acceptors (Lipinski definition) is 5. The van der Waals surface area contributed by atoms with Crippen molar-refractivity contribution in [2.75, 3.05) is 6.61 Å². The molecule has 1 N–H and O–H groups in total. The summed E-state index contributed by atoms with van der Waals surface area (Å²) in [6.07, 6.45) is 1.53. The fourth-order valence-electron chi connectivity index (χ4n) is 1.68. The molecule has 0 saturated carbocycles. The predicted octanol–water partition coefficient (Wildman–Crippen LogP) is 2.43. The van der Waals surface area contributed by atoms with Crippen molar-refractivity contribution in [3.05, 3.63) is 69.8 Å². The van der Waals surface area contributed by atoms with Crippen molar-refractivity contribution in [1.29, 1.82) is 0 Å². The van der Waals surface area contributed by atoms with Crippen LogP contribution >= 0.6 is 0 Å². The third kappa shape index (κ3) is 5.24. The van der Waals surface area contributed by atoms with Crippen molar-refractivity contribution in [1.82, 2.24) is 5.43 Å². The van der Waals surface area contributed by atoms with Crippen LogP contribution in [0.1, 0.15) is 11.1 Å². The van der Waals surface area contributed by atoms with Gasteiger partial charge < -0.3 is 4.74 Å². The number of rotatable bonds is 6. The number of nitrogens with zero attached hydrogens (tertiary/aromatic N) is 2. The fourth-order valence-corrected chi connectivity index (χ4v) is 1.68. The van der Waals surface area contributed by atoms with Crippen molar-refractivity contribution in [2.24, 2.45) is 5.10 Å². The van der Waals surface area contributed by atoms with Crippen LogP contribution in [-0.2, 0) is 4.79 Å². The van der Waals surface area contributed by atoms with Gasteiger partial charge in [0.05, 0.1) is 11.1 Å². The molecule has 0 heterocycles. The van der Waals surface area contributed by atoms with Gasteiger partial charge in [0.2, 0.25) is 0 Å². The highest BCUT2D eigenvalue weighted by molar-refractivity contribution is 5.82. The number of non-ortho nitro benzene ring substituents is 1. The van der Waals surface area contributed by atoms with Gasteiger partial charge in [0.1, 0.15) is 5.75 Å². The van der Waals surface area contributed by atoms with Crippen molar-refractivity contribution < 1.29 is 14.5 Å². The number of carbonyl (C=O) groups excluding carboxylic acids is 1. The molecule has 0 spiro atoms. The first kappa shape index (κ1) is 16.2. The highest BCUT2D eigenvalue weighted by atomic mass is 16.6. The van der Waals surface area contributed by atoms with E-state index in [1.807, 2.05) is 31.2 Å². The summed E-state index contributed by atoms with van der Waals surface area (Å²) < 4.78 is 5.21. The van der Waals surface area contributed by atoms with Gasteiger partial charge in [-0.3, -0.25) is 14.9 Å². The summed E-state index contributed by atoms with van der Waals surface area (Å²) in [6, 6.07) is 13.1. The Morgan fingerprint density at radius 3 is 2.48 bits per heavy atom. The minimum atomic E-state index is -0.504. The number of nitro groups is 1. The molecule has 0 unspecified atom stereocenters. The summed E-state index contributed by atoms with van der Waals surface area (Å²) in [5, 5.41) is 14.3. The standard InChI is InChI=1S/C16H15N3O4/c1-12-2-4-13(5-3-12)10-17-18-16(20)11-23-15-8-6-14(7-9-15)19(21)22/h2-10H,11H2,1H3,(H,18,20). The van der Waals surface area contributed by atoms with Crippen molar-refractivity contribution >= 4 is 17.8 Å². The maximum atomic E-state index is 11.6. The van der Waals surface area contributed by atoms with Crippen LogP contribution in [0.4, 0.5) is 5.69 Å². The number of amides is 1. The van der Waals surface area contributed by atoms with Crippen molar-refractivity contribution in [2.45, 2.75) is 6.92 Å². The summed E-state index contributed by atoms with van der Waals surface area (Å²) in [5.41, 5.74) is 4.31. The molecule has 0 bridgehead atoms. The summed E-state index contributed by atoms with van der Waals surface area (Å²) >= 11 is 0. The Morgan fingerprint density at radius 2 is 1.87 bits per heavy atom.